The molecule has 0 fully saturated rings. The first kappa shape index (κ1) is 27.4. The van der Waals surface area contributed by atoms with Gasteiger partial charge in [-0.05, 0) is 23.3 Å². The zero-order chi connectivity index (χ0) is 27.1. The number of para-hydroxylation sites is 1. The lowest BCUT2D eigenvalue weighted by atomic mass is 10.1. The van der Waals surface area contributed by atoms with Gasteiger partial charge in [-0.15, -0.1) is 11.8 Å². The summed E-state index contributed by atoms with van der Waals surface area (Å²) >= 11 is 1.40. The topological polar surface area (TPSA) is 145 Å². The number of nitrogen functional groups attached to an aromatic ring is 1. The van der Waals surface area contributed by atoms with Crippen molar-refractivity contribution in [1.82, 2.24) is 10.0 Å². The number of carbonyl (C=O) groups is 2. The lowest BCUT2D eigenvalue weighted by molar-refractivity contribution is -0.121. The van der Waals surface area contributed by atoms with Gasteiger partial charge in [-0.2, -0.15) is 0 Å². The molecule has 0 bridgehead atoms. The molecule has 3 aromatic carbocycles. The molecular weight excluding hydrogens is 522 g/mol. The highest BCUT2D eigenvalue weighted by molar-refractivity contribution is 7.99. The van der Waals surface area contributed by atoms with E-state index in [-0.39, 0.29) is 36.2 Å². The fourth-order valence-corrected chi connectivity index (χ4v) is 6.54. The number of nitrogens with one attached hydrogen (secondary N) is 3. The van der Waals surface area contributed by atoms with Gasteiger partial charge in [0.25, 0.3) is 0 Å². The van der Waals surface area contributed by atoms with E-state index < -0.39 is 22.0 Å². The third kappa shape index (κ3) is 7.21. The molecule has 0 saturated heterocycles. The van der Waals surface area contributed by atoms with Crippen molar-refractivity contribution in [3.05, 3.63) is 95.6 Å². The maximum absolute atomic E-state index is 13.5. The predicted molar refractivity (Wildman–Crippen MR) is 149 cm³/mol. The molecule has 1 heterocycles. The Bertz CT molecular complexity index is 1410. The van der Waals surface area contributed by atoms with Gasteiger partial charge in [-0.1, -0.05) is 66.7 Å². The predicted octanol–water partition coefficient (Wildman–Crippen LogP) is 2.60. The van der Waals surface area contributed by atoms with E-state index in [1.165, 1.54) is 16.7 Å². The molecule has 4 rings (SSSR count). The molecule has 3 aromatic rings. The second kappa shape index (κ2) is 12.2. The fraction of sp³-hybridized carbons (Fsp3) is 0.222. The van der Waals surface area contributed by atoms with Crippen molar-refractivity contribution in [3.63, 3.8) is 0 Å². The number of amides is 2. The number of rotatable bonds is 10. The number of thioether (sulfide) groups is 1. The Hall–Kier alpha value is -3.67. The number of nitrogens with zero attached hydrogens (tertiary/aromatic N) is 1. The van der Waals surface area contributed by atoms with E-state index in [0.717, 1.165) is 10.5 Å². The van der Waals surface area contributed by atoms with E-state index >= 15 is 0 Å². The summed E-state index contributed by atoms with van der Waals surface area (Å²) in [5, 5.41) is 10.3. The van der Waals surface area contributed by atoms with Crippen LogP contribution in [-0.4, -0.2) is 44.4 Å². The fourth-order valence-electron chi connectivity index (χ4n) is 4.03. The van der Waals surface area contributed by atoms with Gasteiger partial charge in [0, 0.05) is 35.7 Å². The Morgan fingerprint density at radius 3 is 2.39 bits per heavy atom. The van der Waals surface area contributed by atoms with E-state index in [4.69, 9.17) is 11.1 Å². The summed E-state index contributed by atoms with van der Waals surface area (Å²) in [6, 6.07) is 22.2. The molecule has 9 nitrogen and oxygen atoms in total. The molecule has 0 unspecified atom stereocenters. The highest BCUT2D eigenvalue weighted by Crippen LogP contribution is 2.34. The van der Waals surface area contributed by atoms with Crippen LogP contribution in [0.25, 0.3) is 0 Å². The molecule has 5 N–H and O–H groups in total. The van der Waals surface area contributed by atoms with Gasteiger partial charge >= 0.3 is 0 Å². The van der Waals surface area contributed by atoms with Gasteiger partial charge in [0.15, 0.2) is 0 Å². The van der Waals surface area contributed by atoms with Crippen LogP contribution in [0.4, 0.5) is 5.69 Å². The Morgan fingerprint density at radius 2 is 1.68 bits per heavy atom. The minimum atomic E-state index is -3.78. The highest BCUT2D eigenvalue weighted by atomic mass is 32.2. The second-order valence-corrected chi connectivity index (χ2v) is 11.6. The van der Waals surface area contributed by atoms with Crippen LogP contribution in [0.1, 0.15) is 23.1 Å². The number of hydrogen-bond donors (Lipinski definition) is 4. The van der Waals surface area contributed by atoms with E-state index in [1.54, 1.807) is 54.6 Å². The van der Waals surface area contributed by atoms with Gasteiger partial charge in [-0.25, -0.2) is 13.1 Å². The third-order valence-corrected chi connectivity index (χ3v) is 8.48. The van der Waals surface area contributed by atoms with Crippen LogP contribution >= 0.6 is 11.8 Å². The molecule has 198 valence electrons. The van der Waals surface area contributed by atoms with E-state index in [2.05, 4.69) is 10.0 Å². The molecule has 0 aromatic heterocycles. The first-order chi connectivity index (χ1) is 18.2. The number of amidine groups is 1. The number of benzene rings is 3. The van der Waals surface area contributed by atoms with Crippen molar-refractivity contribution in [2.75, 3.05) is 17.2 Å². The Labute approximate surface area is 226 Å². The van der Waals surface area contributed by atoms with Crippen LogP contribution in [-0.2, 0) is 31.9 Å². The summed E-state index contributed by atoms with van der Waals surface area (Å²) in [5.74, 6) is -0.661. The average Bonchev–Trinajstić information content (AvgIpc) is 3.03. The number of nitrogens with two attached hydrogens (primary N) is 1. The Balaban J connectivity index is 1.42. The van der Waals surface area contributed by atoms with Gasteiger partial charge in [-0.3, -0.25) is 15.0 Å². The van der Waals surface area contributed by atoms with Crippen molar-refractivity contribution in [3.8, 4) is 0 Å². The molecule has 11 heteroatoms. The summed E-state index contributed by atoms with van der Waals surface area (Å²) in [7, 11) is -3.78. The molecule has 1 atom stereocenters. The molecule has 2 amide bonds. The van der Waals surface area contributed by atoms with Gasteiger partial charge < -0.3 is 16.0 Å². The number of sulfonamides is 1. The standard InChI is InChI=1S/C27H29N5O4S2/c28-26(29)21-12-10-19(11-13-21)16-30-25(33)14-15-32-23-8-4-5-9-24(23)37-17-22(27(32)34)31-38(35,36)18-20-6-2-1-3-7-20/h1-13,22,31H,14-18H2,(H3,28,29)(H,30,33)/t22-/m0/s1. The first-order valence-electron chi connectivity index (χ1n) is 12.0. The van der Waals surface area contributed by atoms with E-state index in [0.29, 0.717) is 23.4 Å². The lowest BCUT2D eigenvalue weighted by Gasteiger charge is -2.25. The monoisotopic (exact) mass is 551 g/mol. The smallest absolute Gasteiger partial charge is 0.246 e. The van der Waals surface area contributed by atoms with Gasteiger partial charge in [0.1, 0.15) is 11.9 Å². The van der Waals surface area contributed by atoms with Crippen LogP contribution in [0, 0.1) is 5.41 Å². The molecule has 1 aliphatic rings. The number of hydrogen-bond acceptors (Lipinski definition) is 6. The number of carbonyl (C=O) groups excluding carboxylic acids is 2. The zero-order valence-corrected chi connectivity index (χ0v) is 22.2. The summed E-state index contributed by atoms with van der Waals surface area (Å²) in [4.78, 5) is 28.5. The van der Waals surface area contributed by atoms with Crippen molar-refractivity contribution in [1.29, 1.82) is 5.41 Å². The Kier molecular flexibility index (Phi) is 8.82. The van der Waals surface area contributed by atoms with E-state index in [9.17, 15) is 18.0 Å². The minimum absolute atomic E-state index is 0.0261. The molecule has 38 heavy (non-hydrogen) atoms. The average molecular weight is 552 g/mol. The van der Waals surface area contributed by atoms with Crippen molar-refractivity contribution >= 4 is 45.1 Å². The second-order valence-electron chi connectivity index (χ2n) is 8.82. The summed E-state index contributed by atoms with van der Waals surface area (Å²) in [5.41, 5.74) is 8.20. The number of anilines is 1. The van der Waals surface area contributed by atoms with Crippen molar-refractivity contribution in [2.45, 2.75) is 29.7 Å². The maximum atomic E-state index is 13.5. The molecule has 0 spiro atoms. The van der Waals surface area contributed by atoms with Crippen LogP contribution in [0.15, 0.2) is 83.8 Å². The lowest BCUT2D eigenvalue weighted by Crippen LogP contribution is -2.50. The van der Waals surface area contributed by atoms with Crippen molar-refractivity contribution < 1.29 is 18.0 Å². The maximum Gasteiger partial charge on any atom is 0.246 e. The Morgan fingerprint density at radius 1 is 1.00 bits per heavy atom. The summed E-state index contributed by atoms with van der Waals surface area (Å²) in [6.07, 6.45) is 0.0414. The molecule has 0 radical (unpaired) electrons. The minimum Gasteiger partial charge on any atom is -0.384 e. The number of fused-ring (bicyclic) bond motifs is 1. The summed E-state index contributed by atoms with van der Waals surface area (Å²) in [6.45, 7) is 0.391. The van der Waals surface area contributed by atoms with Crippen molar-refractivity contribution in [2.24, 2.45) is 5.73 Å². The molecular formula is C27H29N5O4S2. The molecule has 0 saturated carbocycles. The normalized spacial score (nSPS) is 15.4. The van der Waals surface area contributed by atoms with Crippen LogP contribution in [0.2, 0.25) is 0 Å². The molecule has 1 aliphatic heterocycles. The largest absolute Gasteiger partial charge is 0.384 e. The van der Waals surface area contributed by atoms with Crippen LogP contribution in [0.5, 0.6) is 0 Å². The summed E-state index contributed by atoms with van der Waals surface area (Å²) < 4.78 is 28.3. The van der Waals surface area contributed by atoms with Gasteiger partial charge in [0.2, 0.25) is 21.8 Å². The SMILES string of the molecule is N=C(N)c1ccc(CNC(=O)CCN2C(=O)[C@@H](NS(=O)(=O)Cc3ccccc3)CSc3ccccc32)cc1. The van der Waals surface area contributed by atoms with Crippen LogP contribution < -0.4 is 20.7 Å². The highest BCUT2D eigenvalue weighted by Gasteiger charge is 2.33. The van der Waals surface area contributed by atoms with Crippen LogP contribution in [0.3, 0.4) is 0 Å². The van der Waals surface area contributed by atoms with E-state index in [1.807, 2.05) is 24.3 Å². The zero-order valence-electron chi connectivity index (χ0n) is 20.6. The third-order valence-electron chi connectivity index (χ3n) is 5.96. The molecule has 0 aliphatic carbocycles. The quantitative estimate of drug-likeness (QED) is 0.225. The first-order valence-corrected chi connectivity index (χ1v) is 14.6. The van der Waals surface area contributed by atoms with Gasteiger partial charge in [0.05, 0.1) is 11.4 Å².